The van der Waals surface area contributed by atoms with Crippen molar-refractivity contribution in [2.24, 2.45) is 16.8 Å². The molecule has 0 aliphatic heterocycles. The Hall–Kier alpha value is -0.330. The van der Waals surface area contributed by atoms with Crippen molar-refractivity contribution < 1.29 is 0 Å². The Morgan fingerprint density at radius 3 is 2.30 bits per heavy atom. The number of hydrogen-bond donors (Lipinski definition) is 0. The first-order valence-electron chi connectivity index (χ1n) is 4.13. The Labute approximate surface area is 64.6 Å². The number of nitrogens with zero attached hydrogens (tertiary/aromatic N) is 1. The van der Waals surface area contributed by atoms with Gasteiger partial charge in [0.15, 0.2) is 0 Å². The predicted molar refractivity (Wildman–Crippen MR) is 47.7 cm³/mol. The molecule has 1 atom stereocenters. The van der Waals surface area contributed by atoms with E-state index in [9.17, 15) is 0 Å². The minimum atomic E-state index is 0.699. The summed E-state index contributed by atoms with van der Waals surface area (Å²) in [6.45, 7) is 6.73. The van der Waals surface area contributed by atoms with E-state index >= 15 is 0 Å². The lowest BCUT2D eigenvalue weighted by Crippen LogP contribution is -2.04. The Balaban J connectivity index is 3.60. The first-order chi connectivity index (χ1) is 4.70. The minimum absolute atomic E-state index is 0.699. The molecule has 60 valence electrons. The zero-order valence-electron chi connectivity index (χ0n) is 7.59. The van der Waals surface area contributed by atoms with Gasteiger partial charge in [-0.2, -0.15) is 0 Å². The molecule has 1 unspecified atom stereocenters. The van der Waals surface area contributed by atoms with E-state index < -0.39 is 0 Å². The third-order valence-electron chi connectivity index (χ3n) is 1.66. The number of aliphatic imine (C=N–C) groups is 1. The molecule has 0 bridgehead atoms. The molecular formula is C9H19N. The molecule has 0 aromatic carbocycles. The number of rotatable bonds is 4. The van der Waals surface area contributed by atoms with Crippen molar-refractivity contribution in [3.05, 3.63) is 0 Å². The quantitative estimate of drug-likeness (QED) is 0.534. The molecule has 0 aliphatic rings. The highest BCUT2D eigenvalue weighted by Crippen LogP contribution is 2.12. The second kappa shape index (κ2) is 5.45. The molecule has 1 nitrogen and oxygen atoms in total. The van der Waals surface area contributed by atoms with E-state index in [0.29, 0.717) is 5.92 Å². The normalized spacial score (nSPS) is 14.9. The van der Waals surface area contributed by atoms with Crippen LogP contribution in [-0.4, -0.2) is 13.3 Å². The van der Waals surface area contributed by atoms with Gasteiger partial charge < -0.3 is 4.99 Å². The van der Waals surface area contributed by atoms with Crippen LogP contribution in [0.15, 0.2) is 4.99 Å². The van der Waals surface area contributed by atoms with Gasteiger partial charge in [-0.15, -0.1) is 0 Å². The average Bonchev–Trinajstić information content (AvgIpc) is 1.86. The van der Waals surface area contributed by atoms with E-state index in [1.165, 1.54) is 12.8 Å². The maximum absolute atomic E-state index is 4.03. The zero-order valence-corrected chi connectivity index (χ0v) is 7.59. The predicted octanol–water partition coefficient (Wildman–Crippen LogP) is 2.76. The fourth-order valence-corrected chi connectivity index (χ4v) is 1.15. The third kappa shape index (κ3) is 4.54. The lowest BCUT2D eigenvalue weighted by atomic mass is 9.96. The second-order valence-corrected chi connectivity index (χ2v) is 3.21. The van der Waals surface area contributed by atoms with Crippen molar-refractivity contribution in [1.29, 1.82) is 0 Å². The van der Waals surface area contributed by atoms with Crippen LogP contribution in [0.25, 0.3) is 0 Å². The van der Waals surface area contributed by atoms with Gasteiger partial charge in [0, 0.05) is 13.3 Å². The lowest BCUT2D eigenvalue weighted by molar-refractivity contribution is 0.492. The van der Waals surface area contributed by atoms with E-state index in [1.807, 2.05) is 7.05 Å². The van der Waals surface area contributed by atoms with E-state index in [-0.39, 0.29) is 0 Å². The van der Waals surface area contributed by atoms with Crippen LogP contribution in [0.3, 0.4) is 0 Å². The second-order valence-electron chi connectivity index (χ2n) is 3.21. The van der Waals surface area contributed by atoms with Crippen LogP contribution in [-0.2, 0) is 0 Å². The lowest BCUT2D eigenvalue weighted by Gasteiger charge is -2.10. The highest BCUT2D eigenvalue weighted by molar-refractivity contribution is 5.60. The van der Waals surface area contributed by atoms with Gasteiger partial charge >= 0.3 is 0 Å². The fourth-order valence-electron chi connectivity index (χ4n) is 1.15. The molecule has 0 spiro atoms. The summed E-state index contributed by atoms with van der Waals surface area (Å²) in [5.41, 5.74) is 0. The Morgan fingerprint density at radius 2 is 2.00 bits per heavy atom. The monoisotopic (exact) mass is 141 g/mol. The van der Waals surface area contributed by atoms with Crippen molar-refractivity contribution in [3.8, 4) is 0 Å². The molecule has 0 aliphatic carbocycles. The molecule has 0 rings (SSSR count). The summed E-state index contributed by atoms with van der Waals surface area (Å²) in [5.74, 6) is 1.49. The maximum atomic E-state index is 4.03. The van der Waals surface area contributed by atoms with Crippen LogP contribution in [0, 0.1) is 11.8 Å². The molecule has 0 fully saturated rings. The summed E-state index contributed by atoms with van der Waals surface area (Å²) in [5, 5.41) is 0. The maximum Gasteiger partial charge on any atom is 0.0273 e. The third-order valence-corrected chi connectivity index (χ3v) is 1.66. The van der Waals surface area contributed by atoms with Gasteiger partial charge in [-0.25, -0.2) is 0 Å². The molecule has 10 heavy (non-hydrogen) atoms. The Kier molecular flexibility index (Phi) is 5.27. The van der Waals surface area contributed by atoms with Crippen molar-refractivity contribution in [2.45, 2.75) is 33.6 Å². The highest BCUT2D eigenvalue weighted by atomic mass is 14.6. The largest absolute Gasteiger partial charge is 0.301 e. The first kappa shape index (κ1) is 9.67. The van der Waals surface area contributed by atoms with Crippen molar-refractivity contribution in [3.63, 3.8) is 0 Å². The molecule has 0 amide bonds. The summed E-state index contributed by atoms with van der Waals surface area (Å²) in [6, 6.07) is 0. The van der Waals surface area contributed by atoms with Gasteiger partial charge in [0.1, 0.15) is 0 Å². The molecule has 0 aromatic rings. The van der Waals surface area contributed by atoms with Crippen LogP contribution in [0.2, 0.25) is 0 Å². The van der Waals surface area contributed by atoms with Crippen LogP contribution in [0.1, 0.15) is 33.6 Å². The van der Waals surface area contributed by atoms with Crippen LogP contribution in [0.5, 0.6) is 0 Å². The molecular weight excluding hydrogens is 122 g/mol. The topological polar surface area (TPSA) is 12.4 Å². The minimum Gasteiger partial charge on any atom is -0.301 e. The van der Waals surface area contributed by atoms with E-state index in [4.69, 9.17) is 0 Å². The molecule has 0 saturated carbocycles. The van der Waals surface area contributed by atoms with Crippen molar-refractivity contribution in [2.75, 3.05) is 7.05 Å². The van der Waals surface area contributed by atoms with E-state index in [2.05, 4.69) is 32.0 Å². The zero-order chi connectivity index (χ0) is 7.98. The Morgan fingerprint density at radius 1 is 1.40 bits per heavy atom. The molecule has 0 radical (unpaired) electrons. The van der Waals surface area contributed by atoms with Crippen LogP contribution >= 0.6 is 0 Å². The summed E-state index contributed by atoms with van der Waals surface area (Å²) < 4.78 is 0. The van der Waals surface area contributed by atoms with Gasteiger partial charge in [0.05, 0.1) is 0 Å². The standard InChI is InChI=1S/C9H19N/c1-5-9(7-10-4)6-8(2)3/h7-9H,5-6H2,1-4H3. The molecule has 0 saturated heterocycles. The summed E-state index contributed by atoms with van der Waals surface area (Å²) in [7, 11) is 1.85. The van der Waals surface area contributed by atoms with Crippen molar-refractivity contribution in [1.82, 2.24) is 0 Å². The average molecular weight is 141 g/mol. The SMILES string of the molecule is CCC(C=NC)CC(C)C. The van der Waals surface area contributed by atoms with E-state index in [1.54, 1.807) is 0 Å². The Bertz CT molecular complexity index is 94.9. The fraction of sp³-hybridized carbons (Fsp3) is 0.889. The number of hydrogen-bond acceptors (Lipinski definition) is 1. The van der Waals surface area contributed by atoms with Crippen LogP contribution in [0.4, 0.5) is 0 Å². The van der Waals surface area contributed by atoms with Gasteiger partial charge in [0.2, 0.25) is 0 Å². The summed E-state index contributed by atoms with van der Waals surface area (Å²) in [4.78, 5) is 4.03. The summed E-state index contributed by atoms with van der Waals surface area (Å²) in [6.07, 6.45) is 4.56. The molecule has 1 heteroatoms. The van der Waals surface area contributed by atoms with Crippen LogP contribution < -0.4 is 0 Å². The molecule has 0 aromatic heterocycles. The first-order valence-corrected chi connectivity index (χ1v) is 4.13. The molecule has 0 heterocycles. The van der Waals surface area contributed by atoms with Gasteiger partial charge in [-0.1, -0.05) is 20.8 Å². The van der Waals surface area contributed by atoms with Gasteiger partial charge in [0.25, 0.3) is 0 Å². The molecule has 0 N–H and O–H groups in total. The smallest absolute Gasteiger partial charge is 0.0273 e. The highest BCUT2D eigenvalue weighted by Gasteiger charge is 2.04. The summed E-state index contributed by atoms with van der Waals surface area (Å²) >= 11 is 0. The van der Waals surface area contributed by atoms with Gasteiger partial charge in [-0.3, -0.25) is 0 Å². The van der Waals surface area contributed by atoms with E-state index in [0.717, 1.165) is 5.92 Å². The van der Waals surface area contributed by atoms with Gasteiger partial charge in [-0.05, 0) is 24.7 Å². The van der Waals surface area contributed by atoms with Crippen molar-refractivity contribution >= 4 is 6.21 Å².